The second-order valence-electron chi connectivity index (χ2n) is 5.63. The molecule has 3 rings (SSSR count). The molecule has 0 bridgehead atoms. The van der Waals surface area contributed by atoms with Crippen LogP contribution in [0.15, 0.2) is 34.7 Å². The van der Waals surface area contributed by atoms with Crippen LogP contribution in [0.2, 0.25) is 0 Å². The zero-order valence-corrected chi connectivity index (χ0v) is 12.4. The lowest BCUT2D eigenvalue weighted by molar-refractivity contribution is 0.468. The molecule has 0 amide bonds. The molecule has 1 aliphatic rings. The lowest BCUT2D eigenvalue weighted by Crippen LogP contribution is -2.28. The summed E-state index contributed by atoms with van der Waals surface area (Å²) in [7, 11) is 1.94. The molecular weight excluding hydrogens is 248 g/mol. The number of hydrogen-bond donors (Lipinski definition) is 1. The Morgan fingerprint density at radius 2 is 2.15 bits per heavy atom. The third kappa shape index (κ3) is 2.34. The number of fused-ring (bicyclic) bond motifs is 1. The first-order valence-electron chi connectivity index (χ1n) is 7.26. The molecule has 0 spiro atoms. The van der Waals surface area contributed by atoms with E-state index in [9.17, 15) is 0 Å². The summed E-state index contributed by atoms with van der Waals surface area (Å²) in [6.07, 6.45) is 1.14. The minimum atomic E-state index is 0.550. The van der Waals surface area contributed by atoms with Crippen molar-refractivity contribution >= 4 is 5.69 Å². The van der Waals surface area contributed by atoms with Gasteiger partial charge in [0, 0.05) is 23.8 Å². The van der Waals surface area contributed by atoms with Crippen molar-refractivity contribution in [3.8, 4) is 0 Å². The predicted molar refractivity (Wildman–Crippen MR) is 82.0 cm³/mol. The number of aryl methyl sites for hydroxylation is 1. The summed E-state index contributed by atoms with van der Waals surface area (Å²) in [6.45, 7) is 6.06. The molecule has 2 heterocycles. The summed E-state index contributed by atoms with van der Waals surface area (Å²) in [5.74, 6) is 2.05. The zero-order chi connectivity index (χ0) is 14.1. The van der Waals surface area contributed by atoms with E-state index in [4.69, 9.17) is 4.42 Å². The Hall–Kier alpha value is -1.74. The highest BCUT2D eigenvalue weighted by molar-refractivity contribution is 5.59. The SMILES string of the molecule is CNCc1cc(CN2c3ccccc3CC2C)c(C)o1. The van der Waals surface area contributed by atoms with Crippen molar-refractivity contribution < 1.29 is 4.42 Å². The van der Waals surface area contributed by atoms with Crippen molar-refractivity contribution in [3.63, 3.8) is 0 Å². The molecule has 3 nitrogen and oxygen atoms in total. The van der Waals surface area contributed by atoms with Gasteiger partial charge in [0.2, 0.25) is 0 Å². The molecule has 1 atom stereocenters. The summed E-state index contributed by atoms with van der Waals surface area (Å²) >= 11 is 0. The van der Waals surface area contributed by atoms with Gasteiger partial charge in [0.15, 0.2) is 0 Å². The van der Waals surface area contributed by atoms with Crippen LogP contribution >= 0.6 is 0 Å². The topological polar surface area (TPSA) is 28.4 Å². The van der Waals surface area contributed by atoms with Gasteiger partial charge in [0.25, 0.3) is 0 Å². The molecule has 1 unspecified atom stereocenters. The van der Waals surface area contributed by atoms with Gasteiger partial charge in [-0.1, -0.05) is 18.2 Å². The fourth-order valence-electron chi connectivity index (χ4n) is 3.06. The predicted octanol–water partition coefficient (Wildman–Crippen LogP) is 3.26. The summed E-state index contributed by atoms with van der Waals surface area (Å²) in [4.78, 5) is 2.48. The van der Waals surface area contributed by atoms with Gasteiger partial charge in [-0.05, 0) is 45.0 Å². The summed E-state index contributed by atoms with van der Waals surface area (Å²) < 4.78 is 5.80. The van der Waals surface area contributed by atoms with Gasteiger partial charge in [0.1, 0.15) is 11.5 Å². The minimum Gasteiger partial charge on any atom is -0.465 e. The normalized spacial score (nSPS) is 17.6. The first kappa shape index (κ1) is 13.3. The summed E-state index contributed by atoms with van der Waals surface area (Å²) in [5.41, 5.74) is 4.12. The van der Waals surface area contributed by atoms with Crippen molar-refractivity contribution in [2.75, 3.05) is 11.9 Å². The Morgan fingerprint density at radius 1 is 1.35 bits per heavy atom. The Labute approximate surface area is 120 Å². The largest absolute Gasteiger partial charge is 0.465 e. The van der Waals surface area contributed by atoms with Gasteiger partial charge in [-0.2, -0.15) is 0 Å². The molecule has 2 aromatic rings. The maximum Gasteiger partial charge on any atom is 0.118 e. The number of benzene rings is 1. The molecule has 1 N–H and O–H groups in total. The summed E-state index contributed by atoms with van der Waals surface area (Å²) in [6, 6.07) is 11.4. The van der Waals surface area contributed by atoms with E-state index >= 15 is 0 Å². The van der Waals surface area contributed by atoms with Crippen molar-refractivity contribution in [1.29, 1.82) is 0 Å². The highest BCUT2D eigenvalue weighted by Crippen LogP contribution is 2.33. The Kier molecular flexibility index (Phi) is 3.53. The van der Waals surface area contributed by atoms with E-state index in [0.29, 0.717) is 6.04 Å². The van der Waals surface area contributed by atoms with Gasteiger partial charge < -0.3 is 14.6 Å². The fourth-order valence-corrected chi connectivity index (χ4v) is 3.06. The molecule has 106 valence electrons. The second kappa shape index (κ2) is 5.33. The number of furan rings is 1. The van der Waals surface area contributed by atoms with E-state index in [1.807, 2.05) is 7.05 Å². The van der Waals surface area contributed by atoms with Crippen LogP contribution in [0.1, 0.15) is 29.6 Å². The quantitative estimate of drug-likeness (QED) is 0.924. The van der Waals surface area contributed by atoms with E-state index < -0.39 is 0 Å². The van der Waals surface area contributed by atoms with Crippen LogP contribution in [0, 0.1) is 6.92 Å². The monoisotopic (exact) mass is 270 g/mol. The lowest BCUT2D eigenvalue weighted by atomic mass is 10.1. The van der Waals surface area contributed by atoms with Crippen molar-refractivity contribution in [2.24, 2.45) is 0 Å². The van der Waals surface area contributed by atoms with Crippen LogP contribution in [0.5, 0.6) is 0 Å². The van der Waals surface area contributed by atoms with Crippen molar-refractivity contribution in [3.05, 3.63) is 53.0 Å². The molecule has 0 radical (unpaired) electrons. The van der Waals surface area contributed by atoms with Crippen LogP contribution in [-0.2, 0) is 19.5 Å². The fraction of sp³-hybridized carbons (Fsp3) is 0.412. The molecule has 1 aromatic heterocycles. The van der Waals surface area contributed by atoms with Crippen LogP contribution in [0.3, 0.4) is 0 Å². The van der Waals surface area contributed by atoms with Crippen LogP contribution in [0.25, 0.3) is 0 Å². The van der Waals surface area contributed by atoms with Crippen LogP contribution < -0.4 is 10.2 Å². The Morgan fingerprint density at radius 3 is 2.95 bits per heavy atom. The first-order chi connectivity index (χ1) is 9.69. The molecule has 1 aromatic carbocycles. The Bertz CT molecular complexity index is 603. The first-order valence-corrected chi connectivity index (χ1v) is 7.26. The molecule has 0 saturated carbocycles. The zero-order valence-electron chi connectivity index (χ0n) is 12.4. The molecule has 0 saturated heterocycles. The van der Waals surface area contributed by atoms with Crippen LogP contribution in [-0.4, -0.2) is 13.1 Å². The van der Waals surface area contributed by atoms with Crippen molar-refractivity contribution in [2.45, 2.75) is 39.4 Å². The molecule has 1 aliphatic heterocycles. The molecule has 0 fully saturated rings. The number of para-hydroxylation sites is 1. The number of anilines is 1. The highest BCUT2D eigenvalue weighted by Gasteiger charge is 2.26. The van der Waals surface area contributed by atoms with E-state index in [2.05, 4.69) is 54.4 Å². The third-order valence-corrected chi connectivity index (χ3v) is 4.11. The minimum absolute atomic E-state index is 0.550. The standard InChI is InChI=1S/C17H22N2O/c1-12-8-14-6-4-5-7-17(14)19(12)11-15-9-16(10-18-3)20-13(15)2/h4-7,9,12,18H,8,10-11H2,1-3H3. The van der Waals surface area contributed by atoms with Gasteiger partial charge in [-0.25, -0.2) is 0 Å². The summed E-state index contributed by atoms with van der Waals surface area (Å²) in [5, 5.41) is 3.14. The number of hydrogen-bond acceptors (Lipinski definition) is 3. The molecule has 3 heteroatoms. The van der Waals surface area contributed by atoms with E-state index in [0.717, 1.165) is 31.0 Å². The third-order valence-electron chi connectivity index (χ3n) is 4.11. The van der Waals surface area contributed by atoms with Crippen LogP contribution in [0.4, 0.5) is 5.69 Å². The van der Waals surface area contributed by atoms with Gasteiger partial charge in [-0.15, -0.1) is 0 Å². The molecule has 20 heavy (non-hydrogen) atoms. The Balaban J connectivity index is 1.84. The number of rotatable bonds is 4. The maximum atomic E-state index is 5.80. The van der Waals surface area contributed by atoms with E-state index in [-0.39, 0.29) is 0 Å². The van der Waals surface area contributed by atoms with Gasteiger partial charge in [0.05, 0.1) is 6.54 Å². The highest BCUT2D eigenvalue weighted by atomic mass is 16.3. The number of nitrogens with one attached hydrogen (secondary N) is 1. The second-order valence-corrected chi connectivity index (χ2v) is 5.63. The van der Waals surface area contributed by atoms with Gasteiger partial charge >= 0.3 is 0 Å². The number of nitrogens with zero attached hydrogens (tertiary/aromatic N) is 1. The van der Waals surface area contributed by atoms with Crippen molar-refractivity contribution in [1.82, 2.24) is 5.32 Å². The molecule has 0 aliphatic carbocycles. The lowest BCUT2D eigenvalue weighted by Gasteiger charge is -2.24. The molecular formula is C17H22N2O. The average molecular weight is 270 g/mol. The van der Waals surface area contributed by atoms with E-state index in [1.165, 1.54) is 16.8 Å². The van der Waals surface area contributed by atoms with Gasteiger partial charge in [-0.3, -0.25) is 0 Å². The van der Waals surface area contributed by atoms with E-state index in [1.54, 1.807) is 0 Å². The maximum absolute atomic E-state index is 5.80. The smallest absolute Gasteiger partial charge is 0.118 e. The average Bonchev–Trinajstić information content (AvgIpc) is 2.92.